The lowest BCUT2D eigenvalue weighted by molar-refractivity contribution is -0.274. The van der Waals surface area contributed by atoms with Crippen molar-refractivity contribution in [1.29, 1.82) is 0 Å². The maximum Gasteiger partial charge on any atom is 0.573 e. The minimum absolute atomic E-state index is 0.116. The average Bonchev–Trinajstić information content (AvgIpc) is 3.31. The van der Waals surface area contributed by atoms with Crippen LogP contribution in [0.3, 0.4) is 0 Å². The van der Waals surface area contributed by atoms with Gasteiger partial charge in [0.05, 0.1) is 0 Å². The fourth-order valence-electron chi connectivity index (χ4n) is 2.64. The molecule has 2 heterocycles. The Morgan fingerprint density at radius 3 is 2.76 bits per heavy atom. The second-order valence-electron chi connectivity index (χ2n) is 5.81. The molecule has 1 saturated carbocycles. The third-order valence-corrected chi connectivity index (χ3v) is 3.94. The number of nitrogens with zero attached hydrogens (tertiary/aromatic N) is 4. The van der Waals surface area contributed by atoms with Gasteiger partial charge in [-0.3, -0.25) is 4.40 Å². The van der Waals surface area contributed by atoms with E-state index in [0.29, 0.717) is 22.9 Å². The monoisotopic (exact) mass is 349 g/mol. The van der Waals surface area contributed by atoms with Crippen molar-refractivity contribution in [1.82, 2.24) is 19.6 Å². The second-order valence-corrected chi connectivity index (χ2v) is 5.81. The standard InChI is InChI=1S/C16H14F3N5O/c17-16(18,19)25-12-4-2-1-3-11(12)9-21-13-15-23-22-14(10-5-6-10)24(15)8-7-20-13/h1-4,7-8,10H,5-6,9H2,(H,20,21). The van der Waals surface area contributed by atoms with Gasteiger partial charge in [0, 0.05) is 30.4 Å². The molecule has 0 amide bonds. The van der Waals surface area contributed by atoms with Crippen LogP contribution >= 0.6 is 0 Å². The summed E-state index contributed by atoms with van der Waals surface area (Å²) in [5.41, 5.74) is 0.921. The molecule has 1 fully saturated rings. The van der Waals surface area contributed by atoms with Crippen LogP contribution in [0.1, 0.15) is 30.1 Å². The number of hydrogen-bond donors (Lipinski definition) is 1. The summed E-state index contributed by atoms with van der Waals surface area (Å²) in [7, 11) is 0. The fourth-order valence-corrected chi connectivity index (χ4v) is 2.64. The molecule has 9 heteroatoms. The highest BCUT2D eigenvalue weighted by atomic mass is 19.4. The molecule has 130 valence electrons. The molecule has 25 heavy (non-hydrogen) atoms. The van der Waals surface area contributed by atoms with Gasteiger partial charge >= 0.3 is 6.36 Å². The summed E-state index contributed by atoms with van der Waals surface area (Å²) in [6.07, 6.45) is 0.847. The third-order valence-electron chi connectivity index (χ3n) is 3.94. The number of halogens is 3. The number of para-hydroxylation sites is 1. The summed E-state index contributed by atoms with van der Waals surface area (Å²) < 4.78 is 43.4. The highest BCUT2D eigenvalue weighted by molar-refractivity contribution is 5.62. The lowest BCUT2D eigenvalue weighted by Gasteiger charge is -2.14. The van der Waals surface area contributed by atoms with Gasteiger partial charge in [0.1, 0.15) is 11.6 Å². The molecule has 1 N–H and O–H groups in total. The first-order chi connectivity index (χ1) is 12.0. The van der Waals surface area contributed by atoms with Crippen LogP contribution in [0.15, 0.2) is 36.7 Å². The normalized spacial score (nSPS) is 14.7. The van der Waals surface area contributed by atoms with Crippen LogP contribution in [-0.2, 0) is 6.54 Å². The van der Waals surface area contributed by atoms with Crippen molar-refractivity contribution in [3.05, 3.63) is 48.0 Å². The number of aromatic nitrogens is 4. The molecule has 0 aliphatic heterocycles. The first-order valence-corrected chi connectivity index (χ1v) is 7.78. The zero-order valence-corrected chi connectivity index (χ0v) is 13.0. The van der Waals surface area contributed by atoms with E-state index < -0.39 is 6.36 Å². The largest absolute Gasteiger partial charge is 0.573 e. The molecule has 1 aliphatic rings. The van der Waals surface area contributed by atoms with Gasteiger partial charge in [-0.2, -0.15) is 0 Å². The zero-order valence-electron chi connectivity index (χ0n) is 13.0. The third kappa shape index (κ3) is 3.35. The van der Waals surface area contributed by atoms with Gasteiger partial charge in [0.15, 0.2) is 5.82 Å². The molecule has 2 aromatic heterocycles. The number of ether oxygens (including phenoxy) is 1. The zero-order chi connectivity index (χ0) is 17.4. The van der Waals surface area contributed by atoms with Gasteiger partial charge < -0.3 is 10.1 Å². The average molecular weight is 349 g/mol. The van der Waals surface area contributed by atoms with Crippen molar-refractivity contribution in [3.8, 4) is 5.75 Å². The quantitative estimate of drug-likeness (QED) is 0.764. The number of alkyl halides is 3. The maximum absolute atomic E-state index is 12.5. The van der Waals surface area contributed by atoms with Crippen LogP contribution in [0.2, 0.25) is 0 Å². The first-order valence-electron chi connectivity index (χ1n) is 7.78. The van der Waals surface area contributed by atoms with E-state index in [4.69, 9.17) is 0 Å². The second kappa shape index (κ2) is 5.91. The topological polar surface area (TPSA) is 64.3 Å². The summed E-state index contributed by atoms with van der Waals surface area (Å²) >= 11 is 0. The van der Waals surface area contributed by atoms with Crippen molar-refractivity contribution < 1.29 is 17.9 Å². The van der Waals surface area contributed by atoms with Gasteiger partial charge in [-0.15, -0.1) is 23.4 Å². The summed E-state index contributed by atoms with van der Waals surface area (Å²) in [6.45, 7) is 0.116. The Morgan fingerprint density at radius 2 is 2.00 bits per heavy atom. The Morgan fingerprint density at radius 1 is 1.20 bits per heavy atom. The smallest absolute Gasteiger partial charge is 0.405 e. The van der Waals surface area contributed by atoms with Crippen LogP contribution in [-0.4, -0.2) is 25.9 Å². The van der Waals surface area contributed by atoms with Crippen LogP contribution in [0, 0.1) is 0 Å². The Hall–Kier alpha value is -2.84. The molecule has 0 spiro atoms. The van der Waals surface area contributed by atoms with E-state index in [1.807, 2.05) is 4.40 Å². The van der Waals surface area contributed by atoms with Crippen LogP contribution in [0.4, 0.5) is 19.0 Å². The van der Waals surface area contributed by atoms with Gasteiger partial charge in [-0.25, -0.2) is 4.98 Å². The van der Waals surface area contributed by atoms with E-state index in [-0.39, 0.29) is 12.3 Å². The van der Waals surface area contributed by atoms with E-state index in [9.17, 15) is 13.2 Å². The molecule has 0 atom stereocenters. The Kier molecular flexibility index (Phi) is 3.70. The van der Waals surface area contributed by atoms with Gasteiger partial charge in [0.25, 0.3) is 0 Å². The van der Waals surface area contributed by atoms with E-state index >= 15 is 0 Å². The lowest BCUT2D eigenvalue weighted by Crippen LogP contribution is -2.18. The predicted octanol–water partition coefficient (Wildman–Crippen LogP) is 3.51. The van der Waals surface area contributed by atoms with Crippen molar-refractivity contribution in [2.45, 2.75) is 31.7 Å². The summed E-state index contributed by atoms with van der Waals surface area (Å²) in [5.74, 6) is 1.53. The minimum Gasteiger partial charge on any atom is -0.405 e. The van der Waals surface area contributed by atoms with Crippen molar-refractivity contribution in [2.75, 3.05) is 5.32 Å². The van der Waals surface area contributed by atoms with Crippen LogP contribution in [0.5, 0.6) is 5.75 Å². The molecule has 0 unspecified atom stereocenters. The molecule has 0 saturated heterocycles. The van der Waals surface area contributed by atoms with Crippen molar-refractivity contribution in [3.63, 3.8) is 0 Å². The minimum atomic E-state index is -4.74. The lowest BCUT2D eigenvalue weighted by atomic mass is 10.2. The van der Waals surface area contributed by atoms with E-state index in [1.165, 1.54) is 12.1 Å². The molecule has 1 aromatic carbocycles. The molecule has 6 nitrogen and oxygen atoms in total. The number of anilines is 1. The molecule has 3 aromatic rings. The van der Waals surface area contributed by atoms with Crippen molar-refractivity contribution in [2.24, 2.45) is 0 Å². The predicted molar refractivity (Wildman–Crippen MR) is 83.2 cm³/mol. The fraction of sp³-hybridized carbons (Fsp3) is 0.312. The highest BCUT2D eigenvalue weighted by Gasteiger charge is 2.32. The summed E-state index contributed by atoms with van der Waals surface area (Å²) in [4.78, 5) is 4.22. The number of benzene rings is 1. The molecule has 1 aliphatic carbocycles. The molecule has 0 radical (unpaired) electrons. The SMILES string of the molecule is FC(F)(F)Oc1ccccc1CNc1nccn2c(C3CC3)nnc12. The van der Waals surface area contributed by atoms with Crippen molar-refractivity contribution >= 4 is 11.5 Å². The highest BCUT2D eigenvalue weighted by Crippen LogP contribution is 2.39. The van der Waals surface area contributed by atoms with E-state index in [0.717, 1.165) is 18.7 Å². The van der Waals surface area contributed by atoms with Gasteiger partial charge in [-0.1, -0.05) is 18.2 Å². The Labute approximate surface area is 140 Å². The van der Waals surface area contributed by atoms with Crippen LogP contribution in [0.25, 0.3) is 5.65 Å². The van der Waals surface area contributed by atoms with Gasteiger partial charge in [-0.05, 0) is 18.9 Å². The number of nitrogens with one attached hydrogen (secondary N) is 1. The van der Waals surface area contributed by atoms with E-state index in [1.54, 1.807) is 24.5 Å². The molecule has 0 bridgehead atoms. The number of hydrogen-bond acceptors (Lipinski definition) is 5. The Balaban J connectivity index is 1.57. The molecule has 4 rings (SSSR count). The summed E-state index contributed by atoms with van der Waals surface area (Å²) in [6, 6.07) is 5.98. The molecular weight excluding hydrogens is 335 g/mol. The first kappa shape index (κ1) is 15.7. The van der Waals surface area contributed by atoms with E-state index in [2.05, 4.69) is 25.2 Å². The number of fused-ring (bicyclic) bond motifs is 1. The Bertz CT molecular complexity index is 904. The van der Waals surface area contributed by atoms with Crippen LogP contribution < -0.4 is 10.1 Å². The molecular formula is C16H14F3N5O. The van der Waals surface area contributed by atoms with Gasteiger partial charge in [0.2, 0.25) is 5.65 Å². The summed E-state index contributed by atoms with van der Waals surface area (Å²) in [5, 5.41) is 11.4. The number of rotatable bonds is 5. The maximum atomic E-state index is 12.5.